The van der Waals surface area contributed by atoms with Gasteiger partial charge in [0.2, 0.25) is 5.82 Å². The molecule has 7 nitrogen and oxygen atoms in total. The van der Waals surface area contributed by atoms with Gasteiger partial charge in [-0.25, -0.2) is 0 Å². The van der Waals surface area contributed by atoms with Crippen molar-refractivity contribution in [2.45, 2.75) is 0 Å². The predicted octanol–water partition coefficient (Wildman–Crippen LogP) is 4.67. The standard InChI is InChI=1S/C23H19N3O4/c1-28-18-10-6-7-15(14-18)22(27)24-17-9-5-8-16(13-17)23-25-21(26-30-23)19-11-3-4-12-20(19)29-2/h3-14H,1-2H3,(H,24,27). The first-order valence-electron chi connectivity index (χ1n) is 9.21. The molecule has 0 aliphatic carbocycles. The highest BCUT2D eigenvalue weighted by atomic mass is 16.5. The monoisotopic (exact) mass is 401 g/mol. The van der Waals surface area contributed by atoms with Crippen LogP contribution in [0.1, 0.15) is 10.4 Å². The van der Waals surface area contributed by atoms with Crippen molar-refractivity contribution in [1.29, 1.82) is 0 Å². The number of anilines is 1. The fourth-order valence-electron chi connectivity index (χ4n) is 2.98. The zero-order chi connectivity index (χ0) is 20.9. The summed E-state index contributed by atoms with van der Waals surface area (Å²) in [6.45, 7) is 0. The van der Waals surface area contributed by atoms with Crippen LogP contribution in [0.15, 0.2) is 77.3 Å². The van der Waals surface area contributed by atoms with E-state index in [2.05, 4.69) is 15.5 Å². The van der Waals surface area contributed by atoms with Gasteiger partial charge in [0, 0.05) is 16.8 Å². The summed E-state index contributed by atoms with van der Waals surface area (Å²) in [5, 5.41) is 6.93. The van der Waals surface area contributed by atoms with Crippen LogP contribution in [0.25, 0.3) is 22.8 Å². The molecule has 0 saturated carbocycles. The number of hydrogen-bond acceptors (Lipinski definition) is 6. The molecule has 0 aliphatic heterocycles. The van der Waals surface area contributed by atoms with Crippen LogP contribution in [-0.4, -0.2) is 30.3 Å². The van der Waals surface area contributed by atoms with Crippen molar-refractivity contribution in [3.8, 4) is 34.3 Å². The first kappa shape index (κ1) is 19.2. The highest BCUT2D eigenvalue weighted by Crippen LogP contribution is 2.30. The third-order valence-electron chi connectivity index (χ3n) is 4.47. The summed E-state index contributed by atoms with van der Waals surface area (Å²) in [6, 6.07) is 21.6. The second kappa shape index (κ2) is 8.48. The van der Waals surface area contributed by atoms with Crippen molar-refractivity contribution in [2.24, 2.45) is 0 Å². The van der Waals surface area contributed by atoms with Gasteiger partial charge in [-0.15, -0.1) is 0 Å². The summed E-state index contributed by atoms with van der Waals surface area (Å²) in [5.74, 6) is 1.79. The van der Waals surface area contributed by atoms with Crippen molar-refractivity contribution < 1.29 is 18.8 Å². The van der Waals surface area contributed by atoms with Gasteiger partial charge in [0.1, 0.15) is 11.5 Å². The molecule has 0 spiro atoms. The molecule has 1 aromatic heterocycles. The number of rotatable bonds is 6. The number of nitrogens with zero attached hydrogens (tertiary/aromatic N) is 2. The van der Waals surface area contributed by atoms with Crippen molar-refractivity contribution in [3.05, 3.63) is 78.4 Å². The van der Waals surface area contributed by atoms with Gasteiger partial charge in [0.05, 0.1) is 19.8 Å². The molecule has 150 valence electrons. The van der Waals surface area contributed by atoms with Crippen LogP contribution in [0.3, 0.4) is 0 Å². The third-order valence-corrected chi connectivity index (χ3v) is 4.47. The summed E-state index contributed by atoms with van der Waals surface area (Å²) in [7, 11) is 3.15. The molecule has 0 bridgehead atoms. The Hall–Kier alpha value is -4.13. The molecule has 0 fully saturated rings. The van der Waals surface area contributed by atoms with Crippen molar-refractivity contribution in [1.82, 2.24) is 10.1 Å². The molecular weight excluding hydrogens is 382 g/mol. The highest BCUT2D eigenvalue weighted by Gasteiger charge is 2.15. The maximum absolute atomic E-state index is 12.6. The van der Waals surface area contributed by atoms with Crippen LogP contribution in [0.4, 0.5) is 5.69 Å². The SMILES string of the molecule is COc1cccc(C(=O)Nc2cccc(-c3nc(-c4ccccc4OC)no3)c2)c1. The third kappa shape index (κ3) is 4.00. The highest BCUT2D eigenvalue weighted by molar-refractivity contribution is 6.04. The Balaban J connectivity index is 1.57. The first-order chi connectivity index (χ1) is 14.7. The molecule has 4 rings (SSSR count). The molecule has 1 N–H and O–H groups in total. The summed E-state index contributed by atoms with van der Waals surface area (Å²) in [4.78, 5) is 17.0. The van der Waals surface area contributed by atoms with Crippen LogP contribution in [-0.2, 0) is 0 Å². The average molecular weight is 401 g/mol. The van der Waals surface area contributed by atoms with Gasteiger partial charge in [0.25, 0.3) is 11.8 Å². The van der Waals surface area contributed by atoms with Crippen LogP contribution in [0.2, 0.25) is 0 Å². The number of hydrogen-bond donors (Lipinski definition) is 1. The zero-order valence-electron chi connectivity index (χ0n) is 16.5. The van der Waals surface area contributed by atoms with E-state index in [1.165, 1.54) is 0 Å². The lowest BCUT2D eigenvalue weighted by molar-refractivity contribution is 0.102. The minimum absolute atomic E-state index is 0.244. The quantitative estimate of drug-likeness (QED) is 0.505. The Morgan fingerprint density at radius 3 is 2.60 bits per heavy atom. The van der Waals surface area contributed by atoms with E-state index >= 15 is 0 Å². The van der Waals surface area contributed by atoms with Gasteiger partial charge in [-0.3, -0.25) is 4.79 Å². The Labute approximate surface area is 173 Å². The van der Waals surface area contributed by atoms with Crippen LogP contribution in [0, 0.1) is 0 Å². The molecule has 0 saturated heterocycles. The normalized spacial score (nSPS) is 10.5. The second-order valence-corrected chi connectivity index (χ2v) is 6.39. The van der Waals surface area contributed by atoms with E-state index in [9.17, 15) is 4.79 Å². The average Bonchev–Trinajstić information content (AvgIpc) is 3.29. The van der Waals surface area contributed by atoms with E-state index in [0.717, 1.165) is 5.56 Å². The van der Waals surface area contributed by atoms with E-state index in [1.807, 2.05) is 36.4 Å². The van der Waals surface area contributed by atoms with Gasteiger partial charge in [-0.1, -0.05) is 29.4 Å². The van der Waals surface area contributed by atoms with Crippen LogP contribution in [0.5, 0.6) is 11.5 Å². The Bertz CT molecular complexity index is 1190. The number of carbonyl (C=O) groups is 1. The summed E-state index contributed by atoms with van der Waals surface area (Å²) < 4.78 is 16.0. The topological polar surface area (TPSA) is 86.5 Å². The number of para-hydroxylation sites is 1. The van der Waals surface area contributed by atoms with Crippen molar-refractivity contribution in [2.75, 3.05) is 19.5 Å². The zero-order valence-corrected chi connectivity index (χ0v) is 16.5. The van der Waals surface area contributed by atoms with E-state index in [4.69, 9.17) is 14.0 Å². The summed E-state index contributed by atoms with van der Waals surface area (Å²) in [6.07, 6.45) is 0. The number of carbonyl (C=O) groups excluding carboxylic acids is 1. The molecule has 0 radical (unpaired) electrons. The molecule has 30 heavy (non-hydrogen) atoms. The molecule has 0 aliphatic rings. The molecule has 1 amide bonds. The number of nitrogens with one attached hydrogen (secondary N) is 1. The number of amides is 1. The van der Waals surface area contributed by atoms with Gasteiger partial charge in [0.15, 0.2) is 0 Å². The van der Waals surface area contributed by atoms with E-state index in [-0.39, 0.29) is 5.91 Å². The van der Waals surface area contributed by atoms with Gasteiger partial charge >= 0.3 is 0 Å². The molecule has 0 unspecified atom stereocenters. The summed E-state index contributed by atoms with van der Waals surface area (Å²) in [5.41, 5.74) is 2.53. The largest absolute Gasteiger partial charge is 0.497 e. The lowest BCUT2D eigenvalue weighted by Gasteiger charge is -2.07. The van der Waals surface area contributed by atoms with Crippen molar-refractivity contribution in [3.63, 3.8) is 0 Å². The Morgan fingerprint density at radius 2 is 1.77 bits per heavy atom. The van der Waals surface area contributed by atoms with Crippen LogP contribution >= 0.6 is 0 Å². The fraction of sp³-hybridized carbons (Fsp3) is 0.0870. The predicted molar refractivity (Wildman–Crippen MR) is 113 cm³/mol. The molecule has 7 heteroatoms. The molecule has 4 aromatic rings. The Kier molecular flexibility index (Phi) is 5.43. The minimum Gasteiger partial charge on any atom is -0.497 e. The molecule has 1 heterocycles. The number of aromatic nitrogens is 2. The number of benzene rings is 3. The fourth-order valence-corrected chi connectivity index (χ4v) is 2.98. The molecule has 3 aromatic carbocycles. The van der Waals surface area contributed by atoms with Crippen LogP contribution < -0.4 is 14.8 Å². The molecule has 0 atom stereocenters. The van der Waals surface area contributed by atoms with E-state index in [1.54, 1.807) is 50.6 Å². The van der Waals surface area contributed by atoms with Gasteiger partial charge < -0.3 is 19.3 Å². The lowest BCUT2D eigenvalue weighted by atomic mass is 10.1. The second-order valence-electron chi connectivity index (χ2n) is 6.39. The smallest absolute Gasteiger partial charge is 0.258 e. The maximum atomic E-state index is 12.6. The number of ether oxygens (including phenoxy) is 2. The first-order valence-corrected chi connectivity index (χ1v) is 9.21. The molecular formula is C23H19N3O4. The van der Waals surface area contributed by atoms with Crippen molar-refractivity contribution >= 4 is 11.6 Å². The van der Waals surface area contributed by atoms with E-state index < -0.39 is 0 Å². The maximum Gasteiger partial charge on any atom is 0.258 e. The summed E-state index contributed by atoms with van der Waals surface area (Å²) >= 11 is 0. The Morgan fingerprint density at radius 1 is 0.933 bits per heavy atom. The van der Waals surface area contributed by atoms with E-state index in [0.29, 0.717) is 40.0 Å². The minimum atomic E-state index is -0.244. The van der Waals surface area contributed by atoms with Gasteiger partial charge in [-0.05, 0) is 48.5 Å². The number of methoxy groups -OCH3 is 2. The van der Waals surface area contributed by atoms with Gasteiger partial charge in [-0.2, -0.15) is 4.98 Å². The lowest BCUT2D eigenvalue weighted by Crippen LogP contribution is -2.11.